The Kier molecular flexibility index (Phi) is 38.0. The number of aromatic amines is 1. The molecule has 5 N–H and O–H groups in total. The fraction of sp³-hybridized carbons (Fsp3) is 0.410. The Balaban J connectivity index is -0.000000814. The zero-order valence-corrected chi connectivity index (χ0v) is 66.5. The van der Waals surface area contributed by atoms with Crippen molar-refractivity contribution in [3.8, 4) is 0 Å². The van der Waals surface area contributed by atoms with Gasteiger partial charge >= 0.3 is 92.2 Å². The van der Waals surface area contributed by atoms with Crippen LogP contribution in [0.5, 0.6) is 0 Å². The number of hydrogen-bond donors (Lipinski definition) is 4. The maximum absolute atomic E-state index is 4.84. The number of nitrogens with one attached hydrogen (secondary N) is 5. The molecule has 0 aliphatic heterocycles. The van der Waals surface area contributed by atoms with Crippen LogP contribution in [-0.2, 0) is 0 Å². The van der Waals surface area contributed by atoms with E-state index < -0.39 is 0 Å². The van der Waals surface area contributed by atoms with E-state index in [0.29, 0.717) is 59.0 Å². The van der Waals surface area contributed by atoms with Gasteiger partial charge in [0.15, 0.2) is 22.8 Å². The van der Waals surface area contributed by atoms with Crippen molar-refractivity contribution in [2.24, 2.45) is 0 Å². The molecule has 92 heavy (non-hydrogen) atoms. The summed E-state index contributed by atoms with van der Waals surface area (Å²) in [6.07, 6.45) is 8.33. The topological polar surface area (TPSA) is 139 Å². The first kappa shape index (κ1) is 85.1. The zero-order chi connectivity index (χ0) is 65.1. The first-order valence-electron chi connectivity index (χ1n) is 32.1. The van der Waals surface area contributed by atoms with Crippen molar-refractivity contribution in [1.82, 2.24) is 4.98 Å². The third-order valence-electron chi connectivity index (χ3n) is 15.1. The van der Waals surface area contributed by atoms with Gasteiger partial charge in [0.25, 0.3) is 0 Å². The minimum atomic E-state index is 0. The molecule has 0 aliphatic rings. The molecular formula is C78H111Mg4N10+5. The van der Waals surface area contributed by atoms with Gasteiger partial charge < -0.3 is 36.9 Å². The van der Waals surface area contributed by atoms with Gasteiger partial charge in [-0.15, -0.1) is 0 Å². The summed E-state index contributed by atoms with van der Waals surface area (Å²) < 4.78 is 0. The molecule has 476 valence electrons. The van der Waals surface area contributed by atoms with Gasteiger partial charge in [-0.2, -0.15) is 0 Å². The van der Waals surface area contributed by atoms with Crippen LogP contribution in [0.2, 0.25) is 0 Å². The first-order valence-corrected chi connectivity index (χ1v) is 32.1. The van der Waals surface area contributed by atoms with E-state index in [1.165, 1.54) is 67.3 Å². The number of rotatable bonds is 24. The molecule has 4 aromatic carbocycles. The average Bonchev–Trinajstić information content (AvgIpc) is 0.855. The molecular weight excluding hydrogens is 1170 g/mol. The molecule has 2 heterocycles. The Morgan fingerprint density at radius 2 is 0.489 bits per heavy atom. The van der Waals surface area contributed by atoms with Crippen LogP contribution < -0.4 is 25.0 Å². The minimum Gasteiger partial charge on any atom is -1.00 e. The number of nitrogens with zero attached hydrogens (tertiary/aromatic N) is 5. The van der Waals surface area contributed by atoms with Gasteiger partial charge in [0.1, 0.15) is 0 Å². The van der Waals surface area contributed by atoms with Crippen molar-refractivity contribution in [2.45, 2.75) is 214 Å². The van der Waals surface area contributed by atoms with Gasteiger partial charge in [-0.3, -0.25) is 0 Å². The van der Waals surface area contributed by atoms with E-state index >= 15 is 0 Å². The minimum absolute atomic E-state index is 0. The van der Waals surface area contributed by atoms with E-state index in [0.717, 1.165) is 57.3 Å². The average molecular weight is 1290 g/mol. The Hall–Kier alpha value is -4.92. The fourth-order valence-electron chi connectivity index (χ4n) is 11.0. The number of allylic oxidation sites excluding steroid dienone is 8. The molecule has 0 saturated heterocycles. The van der Waals surface area contributed by atoms with Crippen LogP contribution in [0.15, 0.2) is 156 Å². The number of hydrogen-bond acceptors (Lipinski definition) is 1. The largest absolute Gasteiger partial charge is 2.00 e. The van der Waals surface area contributed by atoms with Gasteiger partial charge in [-0.25, -0.2) is 20.0 Å². The fourth-order valence-corrected chi connectivity index (χ4v) is 11.0. The van der Waals surface area contributed by atoms with Crippen molar-refractivity contribution in [1.29, 1.82) is 0 Å². The molecule has 0 unspecified atom stereocenters. The van der Waals surface area contributed by atoms with Gasteiger partial charge in [0, 0.05) is 108 Å². The van der Waals surface area contributed by atoms with Gasteiger partial charge in [-0.1, -0.05) is 243 Å². The number of benzene rings is 4. The number of aromatic nitrogens is 2. The van der Waals surface area contributed by atoms with Crippen molar-refractivity contribution in [2.75, 3.05) is 0 Å². The molecule has 0 amide bonds. The molecule has 6 aromatic rings. The smallest absolute Gasteiger partial charge is 1.00 e. The van der Waals surface area contributed by atoms with Crippen molar-refractivity contribution in [3.63, 3.8) is 0 Å². The summed E-state index contributed by atoms with van der Waals surface area (Å²) in [5.41, 5.74) is 23.2. The van der Waals surface area contributed by atoms with Crippen LogP contribution in [0.1, 0.15) is 264 Å². The second-order valence-electron chi connectivity index (χ2n) is 26.1. The Morgan fingerprint density at radius 1 is 0.304 bits per heavy atom. The molecule has 0 saturated carbocycles. The predicted molar refractivity (Wildman–Crippen MR) is 405 cm³/mol. The number of para-hydroxylation sites is 4. The van der Waals surface area contributed by atoms with Crippen LogP contribution in [0.25, 0.3) is 21.3 Å². The summed E-state index contributed by atoms with van der Waals surface area (Å²) >= 11 is 0. The summed E-state index contributed by atoms with van der Waals surface area (Å²) in [5.74, 6) is 6.24. The molecule has 6 rings (SSSR count). The maximum Gasteiger partial charge on any atom is 2.00 e. The summed E-state index contributed by atoms with van der Waals surface area (Å²) in [6, 6.07) is 38.1. The van der Waals surface area contributed by atoms with Crippen LogP contribution in [0.4, 0.5) is 46.0 Å². The van der Waals surface area contributed by atoms with Crippen molar-refractivity contribution in [3.05, 3.63) is 222 Å². The molecule has 0 aliphatic carbocycles. The van der Waals surface area contributed by atoms with E-state index in [-0.39, 0.29) is 97.9 Å². The van der Waals surface area contributed by atoms with E-state index in [9.17, 15) is 0 Å². The monoisotopic (exact) mass is 1280 g/mol. The standard InChI is InChI=1S/2C39H51N5.4Mg.4H/c2*1-24(2)32-16-13-17-33(25(3)4)38(32)42-30(11)22-28(9)40-36-20-15-21-37(44-36)41-29(10)23-31(12)43-39-34(26(5)6)18-14-19-35(39)27(7)8;;;;;;;;/h2*13-27H,1-12H3;;;;;;;;/q2*-2;4*+2;4*-1/p+5/b2*28-22-,29-23-,42-30?,43-31?;;;;;;;;. The molecule has 2 aromatic heterocycles. The third-order valence-corrected chi connectivity index (χ3v) is 15.1. The molecule has 0 atom stereocenters. The number of H-pyrrole nitrogens is 1. The first-order chi connectivity index (χ1) is 41.5. The summed E-state index contributed by atoms with van der Waals surface area (Å²) in [7, 11) is 0. The maximum atomic E-state index is 4.84. The SMILES string of the molecule is CC(/C=C(/C)[N-]c1cccc([N-]/C(C)=C\C(C)=[NH+]c2c(C(C)C)cccc2C(C)C)[nH+]1)=[NH+]c1c(C(C)C)cccc1C(C)C.CC(/C=C(/C)[N-]c1cccc([N-]/C(C)=C\C(C)=[NH+]c2c(C(C)C)cccc2C(C)C)n1)=[NH+]c1c(C(C)C)cccc1C(C)C.[H-].[H-].[H-].[H-].[Mg+2].[Mg+2].[Mg+2].[Mg+2]. The van der Waals surface area contributed by atoms with Gasteiger partial charge in [0.05, 0.1) is 0 Å². The quantitative estimate of drug-likeness (QED) is 0.0348. The Labute approximate surface area is 626 Å². The summed E-state index contributed by atoms with van der Waals surface area (Å²) in [6.45, 7) is 52.3. The molecule has 0 bridgehead atoms. The van der Waals surface area contributed by atoms with Gasteiger partial charge in [0.2, 0.25) is 22.7 Å². The second kappa shape index (κ2) is 41.1. The zero-order valence-electron chi connectivity index (χ0n) is 64.9. The molecule has 14 heteroatoms. The predicted octanol–water partition coefficient (Wildman–Crippen LogP) is 16.6. The molecule has 10 nitrogen and oxygen atoms in total. The van der Waals surface area contributed by atoms with E-state index in [1.807, 2.05) is 64.1 Å². The molecule has 0 fully saturated rings. The van der Waals surface area contributed by atoms with E-state index in [2.05, 4.69) is 261 Å². The Morgan fingerprint density at radius 3 is 0.696 bits per heavy atom. The normalized spacial score (nSPS) is 12.9. The summed E-state index contributed by atoms with van der Waals surface area (Å²) in [5, 5.41) is 19.3. The van der Waals surface area contributed by atoms with Gasteiger partial charge in [-0.05, 0) is 86.4 Å². The van der Waals surface area contributed by atoms with Crippen molar-refractivity contribution < 1.29 is 30.7 Å². The molecule has 0 spiro atoms. The number of pyridine rings is 2. The van der Waals surface area contributed by atoms with Crippen molar-refractivity contribution >= 4 is 161 Å². The summed E-state index contributed by atoms with van der Waals surface area (Å²) in [4.78, 5) is 22.8. The van der Waals surface area contributed by atoms with Crippen LogP contribution in [0.3, 0.4) is 0 Å². The third kappa shape index (κ3) is 26.4. The van der Waals surface area contributed by atoms with Crippen LogP contribution >= 0.6 is 0 Å². The van der Waals surface area contributed by atoms with E-state index in [1.54, 1.807) is 0 Å². The second-order valence-corrected chi connectivity index (χ2v) is 26.1. The Bertz CT molecular complexity index is 3050. The van der Waals surface area contributed by atoms with E-state index in [4.69, 9.17) is 26.3 Å². The van der Waals surface area contributed by atoms with Crippen LogP contribution in [-0.4, -0.2) is 120 Å². The molecule has 0 radical (unpaired) electrons. The van der Waals surface area contributed by atoms with Crippen LogP contribution in [0, 0.1) is 0 Å².